The number of para-hydroxylation sites is 1. The number of hydrogen-bond donors (Lipinski definition) is 0. The Balaban J connectivity index is 2.66. The SMILES string of the molecule is CC(CBr)COc1c(F)cccc1F. The third kappa shape index (κ3) is 2.94. The van der Waals surface area contributed by atoms with Crippen LogP contribution in [0.5, 0.6) is 5.75 Å². The molecule has 0 N–H and O–H groups in total. The molecule has 1 aromatic rings. The Kier molecular flexibility index (Phi) is 4.32. The summed E-state index contributed by atoms with van der Waals surface area (Å²) in [5, 5.41) is 0.739. The summed E-state index contributed by atoms with van der Waals surface area (Å²) in [4.78, 5) is 0. The van der Waals surface area contributed by atoms with Gasteiger partial charge in [-0.25, -0.2) is 8.78 Å². The number of rotatable bonds is 4. The van der Waals surface area contributed by atoms with E-state index in [4.69, 9.17) is 4.74 Å². The number of alkyl halides is 1. The van der Waals surface area contributed by atoms with Gasteiger partial charge in [-0.2, -0.15) is 0 Å². The van der Waals surface area contributed by atoms with E-state index >= 15 is 0 Å². The molecule has 0 aliphatic heterocycles. The van der Waals surface area contributed by atoms with Crippen molar-refractivity contribution in [2.24, 2.45) is 5.92 Å². The molecule has 1 nitrogen and oxygen atoms in total. The Bertz CT molecular complexity index is 284. The average molecular weight is 265 g/mol. The second kappa shape index (κ2) is 5.29. The van der Waals surface area contributed by atoms with Crippen molar-refractivity contribution in [3.05, 3.63) is 29.8 Å². The summed E-state index contributed by atoms with van der Waals surface area (Å²) >= 11 is 3.26. The van der Waals surface area contributed by atoms with Crippen molar-refractivity contribution in [3.8, 4) is 5.75 Å². The summed E-state index contributed by atoms with van der Waals surface area (Å²) in [5.41, 5.74) is 0. The van der Waals surface area contributed by atoms with Crippen LogP contribution in [0.1, 0.15) is 6.92 Å². The van der Waals surface area contributed by atoms with E-state index in [2.05, 4.69) is 15.9 Å². The maximum absolute atomic E-state index is 13.0. The first-order valence-corrected chi connectivity index (χ1v) is 5.40. The zero-order valence-electron chi connectivity index (χ0n) is 7.77. The summed E-state index contributed by atoms with van der Waals surface area (Å²) in [5.74, 6) is -1.40. The van der Waals surface area contributed by atoms with Crippen LogP contribution in [0.15, 0.2) is 18.2 Å². The van der Waals surface area contributed by atoms with Gasteiger partial charge < -0.3 is 4.74 Å². The molecule has 1 aromatic carbocycles. The molecule has 0 aliphatic rings. The van der Waals surface area contributed by atoms with Crippen molar-refractivity contribution >= 4 is 15.9 Å². The van der Waals surface area contributed by atoms with E-state index in [9.17, 15) is 8.78 Å². The molecular weight excluding hydrogens is 254 g/mol. The minimum Gasteiger partial charge on any atom is -0.487 e. The summed E-state index contributed by atoms with van der Waals surface area (Å²) in [6, 6.07) is 3.67. The van der Waals surface area contributed by atoms with Crippen LogP contribution in [0, 0.1) is 17.6 Å². The van der Waals surface area contributed by atoms with Gasteiger partial charge in [-0.1, -0.05) is 28.9 Å². The second-order valence-electron chi connectivity index (χ2n) is 3.12. The molecule has 0 radical (unpaired) electrons. The predicted octanol–water partition coefficient (Wildman–Crippen LogP) is 3.37. The lowest BCUT2D eigenvalue weighted by Gasteiger charge is -2.11. The standard InChI is InChI=1S/C10H11BrF2O/c1-7(5-11)6-14-10-8(12)3-2-4-9(10)13/h2-4,7H,5-6H2,1H3. The lowest BCUT2D eigenvalue weighted by molar-refractivity contribution is 0.249. The molecule has 1 rings (SSSR count). The van der Waals surface area contributed by atoms with E-state index in [0.717, 1.165) is 5.33 Å². The lowest BCUT2D eigenvalue weighted by atomic mass is 10.2. The number of hydrogen-bond acceptors (Lipinski definition) is 1. The molecule has 0 saturated heterocycles. The molecule has 78 valence electrons. The maximum Gasteiger partial charge on any atom is 0.190 e. The number of benzene rings is 1. The van der Waals surface area contributed by atoms with E-state index < -0.39 is 11.6 Å². The second-order valence-corrected chi connectivity index (χ2v) is 3.77. The maximum atomic E-state index is 13.0. The fraction of sp³-hybridized carbons (Fsp3) is 0.400. The van der Waals surface area contributed by atoms with Gasteiger partial charge in [0.05, 0.1) is 6.61 Å². The van der Waals surface area contributed by atoms with Crippen LogP contribution in [0.3, 0.4) is 0 Å². The minimum atomic E-state index is -0.660. The third-order valence-corrected chi connectivity index (χ3v) is 2.80. The van der Waals surface area contributed by atoms with E-state index in [1.54, 1.807) is 0 Å². The zero-order chi connectivity index (χ0) is 10.6. The summed E-state index contributed by atoms with van der Waals surface area (Å²) in [7, 11) is 0. The fourth-order valence-corrected chi connectivity index (χ4v) is 1.08. The highest BCUT2D eigenvalue weighted by Crippen LogP contribution is 2.21. The molecule has 0 aromatic heterocycles. The van der Waals surface area contributed by atoms with Crippen molar-refractivity contribution in [1.82, 2.24) is 0 Å². The lowest BCUT2D eigenvalue weighted by Crippen LogP contribution is -2.11. The Morgan fingerprint density at radius 2 is 1.93 bits per heavy atom. The highest BCUT2D eigenvalue weighted by atomic mass is 79.9. The van der Waals surface area contributed by atoms with Crippen LogP contribution in [-0.2, 0) is 0 Å². The average Bonchev–Trinajstić information content (AvgIpc) is 2.16. The Morgan fingerprint density at radius 3 is 2.43 bits per heavy atom. The Hall–Kier alpha value is -0.640. The molecule has 14 heavy (non-hydrogen) atoms. The fourth-order valence-electron chi connectivity index (χ4n) is 0.891. The van der Waals surface area contributed by atoms with Gasteiger partial charge in [0.25, 0.3) is 0 Å². The predicted molar refractivity (Wildman–Crippen MR) is 54.8 cm³/mol. The summed E-state index contributed by atoms with van der Waals surface area (Å²) in [6.07, 6.45) is 0. The highest BCUT2D eigenvalue weighted by molar-refractivity contribution is 9.09. The molecule has 0 aliphatic carbocycles. The van der Waals surface area contributed by atoms with E-state index in [1.807, 2.05) is 6.92 Å². The largest absolute Gasteiger partial charge is 0.487 e. The van der Waals surface area contributed by atoms with Gasteiger partial charge in [0, 0.05) is 5.33 Å². The van der Waals surface area contributed by atoms with Crippen molar-refractivity contribution in [3.63, 3.8) is 0 Å². The molecule has 0 spiro atoms. The molecule has 0 fully saturated rings. The van der Waals surface area contributed by atoms with Crippen molar-refractivity contribution < 1.29 is 13.5 Å². The van der Waals surface area contributed by atoms with Crippen LogP contribution >= 0.6 is 15.9 Å². The van der Waals surface area contributed by atoms with Gasteiger partial charge in [-0.15, -0.1) is 0 Å². The van der Waals surface area contributed by atoms with Gasteiger partial charge >= 0.3 is 0 Å². The van der Waals surface area contributed by atoms with Gasteiger partial charge in [0.2, 0.25) is 0 Å². The van der Waals surface area contributed by atoms with Gasteiger partial charge in [-0.05, 0) is 18.1 Å². The molecule has 0 amide bonds. The first kappa shape index (κ1) is 11.4. The molecule has 0 bridgehead atoms. The quantitative estimate of drug-likeness (QED) is 0.758. The number of halogens is 3. The molecule has 0 heterocycles. The smallest absolute Gasteiger partial charge is 0.190 e. The monoisotopic (exact) mass is 264 g/mol. The minimum absolute atomic E-state index is 0.217. The molecular formula is C10H11BrF2O. The van der Waals surface area contributed by atoms with Crippen molar-refractivity contribution in [2.75, 3.05) is 11.9 Å². The normalized spacial score (nSPS) is 12.6. The summed E-state index contributed by atoms with van der Waals surface area (Å²) < 4.78 is 31.1. The van der Waals surface area contributed by atoms with Crippen LogP contribution in [0.2, 0.25) is 0 Å². The van der Waals surface area contributed by atoms with E-state index in [1.165, 1.54) is 18.2 Å². The first-order valence-electron chi connectivity index (χ1n) is 4.28. The van der Waals surface area contributed by atoms with Gasteiger partial charge in [0.15, 0.2) is 17.4 Å². The van der Waals surface area contributed by atoms with E-state index in [-0.39, 0.29) is 11.7 Å². The Morgan fingerprint density at radius 1 is 1.36 bits per heavy atom. The molecule has 1 unspecified atom stereocenters. The van der Waals surface area contributed by atoms with Crippen LogP contribution in [0.25, 0.3) is 0 Å². The first-order chi connectivity index (χ1) is 6.65. The van der Waals surface area contributed by atoms with Gasteiger partial charge in [-0.3, -0.25) is 0 Å². The van der Waals surface area contributed by atoms with Crippen molar-refractivity contribution in [1.29, 1.82) is 0 Å². The molecule has 0 saturated carbocycles. The van der Waals surface area contributed by atoms with E-state index in [0.29, 0.717) is 6.61 Å². The molecule has 4 heteroatoms. The highest BCUT2D eigenvalue weighted by Gasteiger charge is 2.10. The number of ether oxygens (including phenoxy) is 1. The van der Waals surface area contributed by atoms with Gasteiger partial charge in [0.1, 0.15) is 0 Å². The molecule has 1 atom stereocenters. The topological polar surface area (TPSA) is 9.23 Å². The zero-order valence-corrected chi connectivity index (χ0v) is 9.35. The summed E-state index contributed by atoms with van der Waals surface area (Å²) in [6.45, 7) is 2.22. The van der Waals surface area contributed by atoms with Crippen LogP contribution in [0.4, 0.5) is 8.78 Å². The third-order valence-electron chi connectivity index (χ3n) is 1.69. The van der Waals surface area contributed by atoms with Crippen LogP contribution < -0.4 is 4.74 Å². The van der Waals surface area contributed by atoms with Crippen LogP contribution in [-0.4, -0.2) is 11.9 Å². The Labute approximate surface area is 90.2 Å². The van der Waals surface area contributed by atoms with Crippen molar-refractivity contribution in [2.45, 2.75) is 6.92 Å².